The number of aliphatic hydroxyl groups excluding tert-OH is 1. The molecule has 1 aliphatic heterocycles. The second kappa shape index (κ2) is 6.38. The van der Waals surface area contributed by atoms with Gasteiger partial charge in [0.25, 0.3) is 0 Å². The molecule has 1 rings (SSSR count). The fourth-order valence-corrected chi connectivity index (χ4v) is 2.01. The fourth-order valence-electron chi connectivity index (χ4n) is 2.01. The van der Waals surface area contributed by atoms with E-state index in [4.69, 9.17) is 0 Å². The van der Waals surface area contributed by atoms with Gasteiger partial charge >= 0.3 is 0 Å². The first-order valence-electron chi connectivity index (χ1n) is 5.81. The van der Waals surface area contributed by atoms with Crippen LogP contribution in [0.15, 0.2) is 0 Å². The van der Waals surface area contributed by atoms with E-state index < -0.39 is 0 Å². The summed E-state index contributed by atoms with van der Waals surface area (Å²) in [4.78, 5) is 4.76. The van der Waals surface area contributed by atoms with Gasteiger partial charge in [0.15, 0.2) is 0 Å². The molecule has 0 saturated carbocycles. The van der Waals surface area contributed by atoms with Crippen molar-refractivity contribution in [1.29, 1.82) is 0 Å². The van der Waals surface area contributed by atoms with Gasteiger partial charge in [0, 0.05) is 19.6 Å². The Hall–Kier alpha value is -0.120. The van der Waals surface area contributed by atoms with Gasteiger partial charge in [-0.2, -0.15) is 0 Å². The zero-order chi connectivity index (χ0) is 10.4. The average Bonchev–Trinajstić information content (AvgIpc) is 2.32. The molecule has 1 aliphatic rings. The van der Waals surface area contributed by atoms with Gasteiger partial charge in [-0.25, -0.2) is 0 Å². The Kier molecular flexibility index (Phi) is 5.45. The lowest BCUT2D eigenvalue weighted by Crippen LogP contribution is -2.35. The van der Waals surface area contributed by atoms with E-state index in [9.17, 15) is 5.11 Å². The maximum absolute atomic E-state index is 9.70. The van der Waals surface area contributed by atoms with Crippen LogP contribution in [-0.4, -0.2) is 60.8 Å². The predicted molar refractivity (Wildman–Crippen MR) is 59.5 cm³/mol. The van der Waals surface area contributed by atoms with Crippen molar-refractivity contribution in [2.75, 3.05) is 39.8 Å². The van der Waals surface area contributed by atoms with Crippen molar-refractivity contribution < 1.29 is 5.11 Å². The van der Waals surface area contributed by atoms with Crippen LogP contribution in [-0.2, 0) is 0 Å². The van der Waals surface area contributed by atoms with Crippen molar-refractivity contribution in [3.8, 4) is 0 Å². The van der Waals surface area contributed by atoms with Gasteiger partial charge in [-0.05, 0) is 33.0 Å². The van der Waals surface area contributed by atoms with Gasteiger partial charge in [0.1, 0.15) is 0 Å². The Balaban J connectivity index is 2.22. The molecule has 1 saturated heterocycles. The first-order chi connectivity index (χ1) is 6.72. The largest absolute Gasteiger partial charge is 0.392 e. The molecule has 0 aromatic rings. The minimum atomic E-state index is -0.122. The number of hydrogen-bond acceptors (Lipinski definition) is 3. The van der Waals surface area contributed by atoms with E-state index in [-0.39, 0.29) is 6.10 Å². The highest BCUT2D eigenvalue weighted by Crippen LogP contribution is 2.04. The quantitative estimate of drug-likeness (QED) is 0.726. The van der Waals surface area contributed by atoms with Crippen LogP contribution < -0.4 is 0 Å². The minimum Gasteiger partial charge on any atom is -0.392 e. The lowest BCUT2D eigenvalue weighted by Gasteiger charge is -2.22. The van der Waals surface area contributed by atoms with Gasteiger partial charge in [-0.3, -0.25) is 4.90 Å². The van der Waals surface area contributed by atoms with Crippen LogP contribution >= 0.6 is 0 Å². The molecular formula is C11H24N2O. The van der Waals surface area contributed by atoms with E-state index in [0.29, 0.717) is 0 Å². The van der Waals surface area contributed by atoms with Crippen molar-refractivity contribution in [1.82, 2.24) is 9.80 Å². The van der Waals surface area contributed by atoms with Gasteiger partial charge < -0.3 is 10.0 Å². The van der Waals surface area contributed by atoms with E-state index in [1.807, 2.05) is 0 Å². The van der Waals surface area contributed by atoms with Crippen LogP contribution in [0.25, 0.3) is 0 Å². The summed E-state index contributed by atoms with van der Waals surface area (Å²) in [7, 11) is 2.17. The normalized spacial score (nSPS) is 23.4. The monoisotopic (exact) mass is 200 g/mol. The summed E-state index contributed by atoms with van der Waals surface area (Å²) >= 11 is 0. The molecule has 1 fully saturated rings. The van der Waals surface area contributed by atoms with Crippen molar-refractivity contribution in [2.24, 2.45) is 0 Å². The number of β-amino-alcohol motifs (C(OH)–C–C–N with tert-alkyl or cyclic N) is 1. The molecule has 1 atom stereocenters. The molecule has 3 nitrogen and oxygen atoms in total. The molecule has 84 valence electrons. The topological polar surface area (TPSA) is 26.7 Å². The number of aliphatic hydroxyl groups is 1. The van der Waals surface area contributed by atoms with E-state index in [1.54, 1.807) is 0 Å². The minimum absolute atomic E-state index is 0.122. The molecule has 1 unspecified atom stereocenters. The van der Waals surface area contributed by atoms with Crippen molar-refractivity contribution in [3.05, 3.63) is 0 Å². The molecule has 1 heterocycles. The van der Waals surface area contributed by atoms with Crippen LogP contribution in [0.1, 0.15) is 26.2 Å². The van der Waals surface area contributed by atoms with Gasteiger partial charge in [0.2, 0.25) is 0 Å². The summed E-state index contributed by atoms with van der Waals surface area (Å²) < 4.78 is 0. The van der Waals surface area contributed by atoms with Crippen molar-refractivity contribution in [3.63, 3.8) is 0 Å². The Bertz CT molecular complexity index is 152. The number of nitrogens with zero attached hydrogens (tertiary/aromatic N) is 2. The summed E-state index contributed by atoms with van der Waals surface area (Å²) in [5.41, 5.74) is 0. The molecule has 0 spiro atoms. The lowest BCUT2D eigenvalue weighted by atomic mass is 10.2. The first kappa shape index (κ1) is 12.0. The highest BCUT2D eigenvalue weighted by atomic mass is 16.3. The van der Waals surface area contributed by atoms with E-state index in [1.165, 1.54) is 13.0 Å². The summed E-state index contributed by atoms with van der Waals surface area (Å²) in [6.45, 7) is 7.57. The average molecular weight is 200 g/mol. The molecule has 0 amide bonds. The highest BCUT2D eigenvalue weighted by molar-refractivity contribution is 4.70. The molecule has 1 N–H and O–H groups in total. The zero-order valence-electron chi connectivity index (χ0n) is 9.58. The summed E-state index contributed by atoms with van der Waals surface area (Å²) in [6, 6.07) is 0. The second-order valence-electron chi connectivity index (χ2n) is 4.40. The summed E-state index contributed by atoms with van der Waals surface area (Å²) in [5, 5.41) is 9.70. The van der Waals surface area contributed by atoms with Crippen LogP contribution in [0.3, 0.4) is 0 Å². The van der Waals surface area contributed by atoms with E-state index in [0.717, 1.165) is 39.0 Å². The first-order valence-corrected chi connectivity index (χ1v) is 5.81. The van der Waals surface area contributed by atoms with Crippen molar-refractivity contribution in [2.45, 2.75) is 32.3 Å². The van der Waals surface area contributed by atoms with Crippen LogP contribution in [0, 0.1) is 0 Å². The van der Waals surface area contributed by atoms with Gasteiger partial charge in [-0.15, -0.1) is 0 Å². The Morgan fingerprint density at radius 2 is 2.00 bits per heavy atom. The molecule has 0 aromatic carbocycles. The van der Waals surface area contributed by atoms with Gasteiger partial charge in [0.05, 0.1) is 6.10 Å². The second-order valence-corrected chi connectivity index (χ2v) is 4.40. The number of rotatable bonds is 4. The molecule has 0 aromatic heterocycles. The maximum atomic E-state index is 9.70. The smallest absolute Gasteiger partial charge is 0.0667 e. The molecule has 0 bridgehead atoms. The predicted octanol–water partition coefficient (Wildman–Crippen LogP) is 0.785. The standard InChI is InChI=1S/C11H24N2O/c1-3-5-11(14)10-13-7-4-6-12(2)8-9-13/h11,14H,3-10H2,1-2H3. The van der Waals surface area contributed by atoms with Gasteiger partial charge in [-0.1, -0.05) is 13.3 Å². The SMILES string of the molecule is CCCC(O)CN1CCCN(C)CC1. The lowest BCUT2D eigenvalue weighted by molar-refractivity contribution is 0.107. The van der Waals surface area contributed by atoms with Crippen LogP contribution in [0.4, 0.5) is 0 Å². The summed E-state index contributed by atoms with van der Waals surface area (Å²) in [5.74, 6) is 0. The Morgan fingerprint density at radius 3 is 2.71 bits per heavy atom. The van der Waals surface area contributed by atoms with Crippen LogP contribution in [0.2, 0.25) is 0 Å². The highest BCUT2D eigenvalue weighted by Gasteiger charge is 2.14. The third-order valence-electron chi connectivity index (χ3n) is 2.90. The maximum Gasteiger partial charge on any atom is 0.0667 e. The van der Waals surface area contributed by atoms with E-state index >= 15 is 0 Å². The van der Waals surface area contributed by atoms with Crippen molar-refractivity contribution >= 4 is 0 Å². The molecule has 3 heteroatoms. The third kappa shape index (κ3) is 4.40. The third-order valence-corrected chi connectivity index (χ3v) is 2.90. The van der Waals surface area contributed by atoms with Crippen LogP contribution in [0.5, 0.6) is 0 Å². The fraction of sp³-hybridized carbons (Fsp3) is 1.00. The Labute approximate surface area is 87.7 Å². The zero-order valence-corrected chi connectivity index (χ0v) is 9.58. The molecule has 0 radical (unpaired) electrons. The molecule has 14 heavy (non-hydrogen) atoms. The molecule has 0 aliphatic carbocycles. The number of hydrogen-bond donors (Lipinski definition) is 1. The Morgan fingerprint density at radius 1 is 1.21 bits per heavy atom. The van der Waals surface area contributed by atoms with E-state index in [2.05, 4.69) is 23.8 Å². The summed E-state index contributed by atoms with van der Waals surface area (Å²) in [6.07, 6.45) is 3.12. The number of likely N-dealkylation sites (N-methyl/N-ethyl adjacent to an activating group) is 1. The molecular weight excluding hydrogens is 176 g/mol.